The number of sulfonamides is 1. The molecule has 2 aromatic heterocycles. The van der Waals surface area contributed by atoms with Gasteiger partial charge in [0.1, 0.15) is 5.75 Å². The minimum absolute atomic E-state index is 0.283. The summed E-state index contributed by atoms with van der Waals surface area (Å²) >= 11 is 7.24. The van der Waals surface area contributed by atoms with Crippen LogP contribution in [0, 0.1) is 4.77 Å². The number of thiophene rings is 1. The molecule has 0 atom stereocenters. The highest BCUT2D eigenvalue weighted by atomic mass is 32.2. The molecule has 1 aliphatic rings. The number of aromatic nitrogens is 4. The van der Waals surface area contributed by atoms with Crippen LogP contribution in [0.25, 0.3) is 0 Å². The zero-order valence-corrected chi connectivity index (χ0v) is 20.3. The Morgan fingerprint density at radius 1 is 1.06 bits per heavy atom. The topological polar surface area (TPSA) is 85.5 Å². The maximum atomic E-state index is 13.0. The second-order valence-corrected chi connectivity index (χ2v) is 10.7. The Bertz CT molecular complexity index is 1160. The fourth-order valence-electron chi connectivity index (χ4n) is 3.53. The third-order valence-corrected chi connectivity index (χ3v) is 8.56. The highest BCUT2D eigenvalue weighted by Gasteiger charge is 2.28. The lowest BCUT2D eigenvalue weighted by Gasteiger charge is -2.33. The Hall–Kier alpha value is -2.12. The normalized spacial score (nSPS) is 15.8. The summed E-state index contributed by atoms with van der Waals surface area (Å²) in [4.78, 5) is 3.70. The van der Waals surface area contributed by atoms with Gasteiger partial charge in [0.25, 0.3) is 0 Å². The van der Waals surface area contributed by atoms with Crippen molar-refractivity contribution in [1.29, 1.82) is 0 Å². The van der Waals surface area contributed by atoms with Gasteiger partial charge in [-0.05, 0) is 65.3 Å². The summed E-state index contributed by atoms with van der Waals surface area (Å²) in [5, 5.41) is 10.4. The SMILES string of the molecule is CCOc1ccc(S(=O)(=O)N2CCN(Cn3nnn(CCc4cccs4)c3=S)CC2)cc1. The van der Waals surface area contributed by atoms with Crippen LogP contribution >= 0.6 is 23.6 Å². The van der Waals surface area contributed by atoms with E-state index in [1.165, 1.54) is 9.18 Å². The number of nitrogens with zero attached hydrogens (tertiary/aromatic N) is 6. The summed E-state index contributed by atoms with van der Waals surface area (Å²) in [6.45, 7) is 5.64. The zero-order chi connectivity index (χ0) is 22.6. The zero-order valence-electron chi connectivity index (χ0n) is 17.8. The van der Waals surface area contributed by atoms with Crippen LogP contribution in [-0.4, -0.2) is 70.2 Å². The van der Waals surface area contributed by atoms with E-state index in [1.54, 1.807) is 45.0 Å². The van der Waals surface area contributed by atoms with Crippen molar-refractivity contribution in [3.63, 3.8) is 0 Å². The second-order valence-electron chi connectivity index (χ2n) is 7.38. The number of ether oxygens (including phenoxy) is 1. The minimum atomic E-state index is -3.53. The lowest BCUT2D eigenvalue weighted by molar-refractivity contribution is 0.143. The van der Waals surface area contributed by atoms with Crippen molar-refractivity contribution >= 4 is 33.6 Å². The van der Waals surface area contributed by atoms with E-state index < -0.39 is 10.0 Å². The number of rotatable bonds is 9. The van der Waals surface area contributed by atoms with Gasteiger partial charge in [0.2, 0.25) is 14.8 Å². The molecule has 0 N–H and O–H groups in total. The Morgan fingerprint density at radius 2 is 1.78 bits per heavy atom. The first-order valence-corrected chi connectivity index (χ1v) is 13.2. The Balaban J connectivity index is 1.32. The van der Waals surface area contributed by atoms with E-state index in [2.05, 4.69) is 26.8 Å². The van der Waals surface area contributed by atoms with Gasteiger partial charge in [-0.25, -0.2) is 17.8 Å². The van der Waals surface area contributed by atoms with Gasteiger partial charge in [-0.15, -0.1) is 11.3 Å². The largest absolute Gasteiger partial charge is 0.494 e. The van der Waals surface area contributed by atoms with Crippen molar-refractivity contribution in [2.45, 2.75) is 31.5 Å². The van der Waals surface area contributed by atoms with E-state index in [-0.39, 0.29) is 4.90 Å². The molecule has 1 aromatic carbocycles. The fraction of sp³-hybridized carbons (Fsp3) is 0.450. The molecule has 0 unspecified atom stereocenters. The summed E-state index contributed by atoms with van der Waals surface area (Å²) in [6, 6.07) is 10.7. The molecule has 0 aliphatic carbocycles. The Morgan fingerprint density at radius 3 is 2.44 bits per heavy atom. The minimum Gasteiger partial charge on any atom is -0.494 e. The van der Waals surface area contributed by atoms with E-state index in [9.17, 15) is 8.42 Å². The third kappa shape index (κ3) is 5.26. The van der Waals surface area contributed by atoms with Gasteiger partial charge in [0.15, 0.2) is 0 Å². The first-order chi connectivity index (χ1) is 15.5. The molecule has 172 valence electrons. The summed E-state index contributed by atoms with van der Waals surface area (Å²) in [5.41, 5.74) is 0. The number of hydrogen-bond acceptors (Lipinski definition) is 8. The maximum absolute atomic E-state index is 13.0. The molecule has 1 saturated heterocycles. The van der Waals surface area contributed by atoms with E-state index in [1.807, 2.05) is 13.0 Å². The quantitative estimate of drug-likeness (QED) is 0.423. The van der Waals surface area contributed by atoms with Crippen LogP contribution in [0.4, 0.5) is 0 Å². The summed E-state index contributed by atoms with van der Waals surface area (Å²) in [6.07, 6.45) is 0.868. The van der Waals surface area contributed by atoms with Gasteiger partial charge < -0.3 is 4.74 Å². The van der Waals surface area contributed by atoms with Gasteiger partial charge >= 0.3 is 0 Å². The fourth-order valence-corrected chi connectivity index (χ4v) is 5.87. The number of piperazine rings is 1. The van der Waals surface area contributed by atoms with Gasteiger partial charge in [-0.3, -0.25) is 4.90 Å². The molecule has 0 bridgehead atoms. The van der Waals surface area contributed by atoms with Crippen LogP contribution in [-0.2, 0) is 29.7 Å². The van der Waals surface area contributed by atoms with Crippen molar-refractivity contribution in [2.75, 3.05) is 32.8 Å². The monoisotopic (exact) mass is 494 g/mol. The van der Waals surface area contributed by atoms with Crippen LogP contribution in [0.2, 0.25) is 0 Å². The predicted molar refractivity (Wildman–Crippen MR) is 125 cm³/mol. The van der Waals surface area contributed by atoms with Crippen molar-refractivity contribution in [2.24, 2.45) is 0 Å². The molecule has 4 rings (SSSR count). The van der Waals surface area contributed by atoms with Crippen molar-refractivity contribution < 1.29 is 13.2 Å². The molecule has 9 nitrogen and oxygen atoms in total. The van der Waals surface area contributed by atoms with Gasteiger partial charge in [-0.1, -0.05) is 6.07 Å². The van der Waals surface area contributed by atoms with Crippen LogP contribution in [0.5, 0.6) is 5.75 Å². The number of hydrogen-bond donors (Lipinski definition) is 0. The van der Waals surface area contributed by atoms with Gasteiger partial charge in [0.05, 0.1) is 24.7 Å². The van der Waals surface area contributed by atoms with Gasteiger partial charge in [0, 0.05) is 37.5 Å². The molecule has 32 heavy (non-hydrogen) atoms. The summed E-state index contributed by atoms with van der Waals surface area (Å²) in [7, 11) is -3.53. The smallest absolute Gasteiger partial charge is 0.243 e. The van der Waals surface area contributed by atoms with Crippen molar-refractivity contribution in [3.8, 4) is 5.75 Å². The first kappa shape index (κ1) is 23.1. The van der Waals surface area contributed by atoms with Crippen LogP contribution in [0.1, 0.15) is 11.8 Å². The molecule has 0 saturated carbocycles. The number of benzene rings is 1. The van der Waals surface area contributed by atoms with Crippen LogP contribution in [0.15, 0.2) is 46.7 Å². The van der Waals surface area contributed by atoms with E-state index in [0.29, 0.717) is 56.5 Å². The molecule has 12 heteroatoms. The van der Waals surface area contributed by atoms with E-state index >= 15 is 0 Å². The maximum Gasteiger partial charge on any atom is 0.243 e. The lowest BCUT2D eigenvalue weighted by Crippen LogP contribution is -2.48. The lowest BCUT2D eigenvalue weighted by atomic mass is 10.3. The number of aryl methyl sites for hydroxylation is 2. The molecule has 3 heterocycles. The molecular weight excluding hydrogens is 468 g/mol. The van der Waals surface area contributed by atoms with Crippen LogP contribution < -0.4 is 4.74 Å². The molecule has 1 aliphatic heterocycles. The predicted octanol–water partition coefficient (Wildman–Crippen LogP) is 2.48. The summed E-state index contributed by atoms with van der Waals surface area (Å²) < 4.78 is 36.9. The molecule has 3 aromatic rings. The molecule has 0 spiro atoms. The Kier molecular flexibility index (Phi) is 7.36. The molecule has 1 fully saturated rings. The standard InChI is InChI=1S/C20H26N6O3S3/c1-2-29-17-5-7-19(8-6-17)32(27,28)24-13-11-23(12-14-24)16-26-20(30)25(21-22-26)10-9-18-4-3-15-31-18/h3-8,15H,2,9-14,16H2,1H3. The summed E-state index contributed by atoms with van der Waals surface area (Å²) in [5.74, 6) is 0.663. The van der Waals surface area contributed by atoms with E-state index in [4.69, 9.17) is 17.0 Å². The van der Waals surface area contributed by atoms with Crippen molar-refractivity contribution in [1.82, 2.24) is 29.0 Å². The Labute approximate surface area is 196 Å². The highest BCUT2D eigenvalue weighted by Crippen LogP contribution is 2.21. The highest BCUT2D eigenvalue weighted by molar-refractivity contribution is 7.89. The number of tetrazole rings is 1. The average Bonchev–Trinajstić information content (AvgIpc) is 3.44. The molecular formula is C20H26N6O3S3. The second kappa shape index (κ2) is 10.2. The first-order valence-electron chi connectivity index (χ1n) is 10.5. The van der Waals surface area contributed by atoms with Crippen LogP contribution in [0.3, 0.4) is 0 Å². The van der Waals surface area contributed by atoms with E-state index in [0.717, 1.165) is 6.42 Å². The third-order valence-electron chi connectivity index (χ3n) is 5.29. The van der Waals surface area contributed by atoms with Gasteiger partial charge in [-0.2, -0.15) is 4.31 Å². The molecule has 0 radical (unpaired) electrons. The van der Waals surface area contributed by atoms with Crippen molar-refractivity contribution in [3.05, 3.63) is 51.4 Å². The average molecular weight is 495 g/mol. The molecule has 0 amide bonds.